The van der Waals surface area contributed by atoms with E-state index in [0.717, 1.165) is 18.5 Å². The number of benzene rings is 2. The Bertz CT molecular complexity index is 733. The van der Waals surface area contributed by atoms with Crippen LogP contribution >= 0.6 is 11.6 Å². The Hall–Kier alpha value is -1.88. The Morgan fingerprint density at radius 1 is 1.24 bits per heavy atom. The van der Waals surface area contributed by atoms with Crippen LogP contribution in [0, 0.1) is 0 Å². The van der Waals surface area contributed by atoms with E-state index in [1.165, 1.54) is 11.1 Å². The lowest BCUT2D eigenvalue weighted by Crippen LogP contribution is -2.49. The molecule has 0 bridgehead atoms. The smallest absolute Gasteiger partial charge is 0.321 e. The van der Waals surface area contributed by atoms with Crippen molar-refractivity contribution in [3.63, 3.8) is 0 Å². The van der Waals surface area contributed by atoms with Crippen LogP contribution in [0.1, 0.15) is 16.7 Å². The van der Waals surface area contributed by atoms with Crippen molar-refractivity contribution in [3.8, 4) is 0 Å². The summed E-state index contributed by atoms with van der Waals surface area (Å²) in [7, 11) is 2.09. The summed E-state index contributed by atoms with van der Waals surface area (Å²) in [4.78, 5) is 13.9. The molecule has 0 saturated carbocycles. The van der Waals surface area contributed by atoms with Gasteiger partial charge in [0.15, 0.2) is 0 Å². The summed E-state index contributed by atoms with van der Waals surface area (Å²) in [6.07, 6.45) is 1.38. The van der Waals surface area contributed by atoms with Gasteiger partial charge < -0.3 is 10.4 Å². The first-order chi connectivity index (χ1) is 12.0. The minimum atomic E-state index is -0.825. The lowest BCUT2D eigenvalue weighted by Gasteiger charge is -2.35. The number of nitrogens with zero attached hydrogens (tertiary/aromatic N) is 1. The molecule has 0 aromatic heterocycles. The lowest BCUT2D eigenvalue weighted by molar-refractivity contribution is -0.139. The third-order valence-electron chi connectivity index (χ3n) is 4.87. The van der Waals surface area contributed by atoms with Crippen molar-refractivity contribution in [2.45, 2.75) is 31.5 Å². The number of likely N-dealkylation sites (N-methyl/N-ethyl adjacent to an activating group) is 1. The first kappa shape index (κ1) is 17.9. The van der Waals surface area contributed by atoms with Gasteiger partial charge in [0.1, 0.15) is 6.04 Å². The first-order valence-corrected chi connectivity index (χ1v) is 8.88. The van der Waals surface area contributed by atoms with Crippen molar-refractivity contribution >= 4 is 17.6 Å². The van der Waals surface area contributed by atoms with Gasteiger partial charge in [-0.25, -0.2) is 0 Å². The molecule has 1 heterocycles. The normalized spacial score (nSPS) is 18.6. The Morgan fingerprint density at radius 3 is 2.60 bits per heavy atom. The van der Waals surface area contributed by atoms with Crippen molar-refractivity contribution < 1.29 is 9.90 Å². The van der Waals surface area contributed by atoms with E-state index >= 15 is 0 Å². The SMILES string of the molecule is CN1Cc2ccccc2C[C@@H]1CN[C@H](Cc1ccc(Cl)cc1)C(=O)O. The van der Waals surface area contributed by atoms with Gasteiger partial charge in [0.25, 0.3) is 0 Å². The third-order valence-corrected chi connectivity index (χ3v) is 5.12. The Balaban J connectivity index is 1.62. The highest BCUT2D eigenvalue weighted by Crippen LogP contribution is 2.21. The molecule has 1 aliphatic rings. The fraction of sp³-hybridized carbons (Fsp3) is 0.350. The molecule has 0 radical (unpaired) electrons. The minimum Gasteiger partial charge on any atom is -0.480 e. The van der Waals surface area contributed by atoms with Crippen LogP contribution in [0.2, 0.25) is 5.02 Å². The molecule has 4 nitrogen and oxygen atoms in total. The molecule has 0 amide bonds. The molecule has 2 aromatic rings. The van der Waals surface area contributed by atoms with Gasteiger partial charge in [-0.1, -0.05) is 48.0 Å². The van der Waals surface area contributed by atoms with Gasteiger partial charge in [-0.15, -0.1) is 0 Å². The second kappa shape index (κ2) is 8.00. The minimum absolute atomic E-state index is 0.293. The molecule has 2 aromatic carbocycles. The van der Waals surface area contributed by atoms with Crippen LogP contribution in [-0.4, -0.2) is 41.7 Å². The van der Waals surface area contributed by atoms with E-state index in [4.69, 9.17) is 11.6 Å². The molecule has 0 fully saturated rings. The van der Waals surface area contributed by atoms with E-state index in [2.05, 4.69) is 41.5 Å². The quantitative estimate of drug-likeness (QED) is 0.833. The molecule has 132 valence electrons. The number of aliphatic carboxylic acids is 1. The number of carboxylic acid groups (broad SMARTS) is 1. The first-order valence-electron chi connectivity index (χ1n) is 8.50. The Labute approximate surface area is 153 Å². The van der Waals surface area contributed by atoms with Crippen LogP contribution in [0.15, 0.2) is 48.5 Å². The monoisotopic (exact) mass is 358 g/mol. The number of nitrogens with one attached hydrogen (secondary N) is 1. The molecule has 0 spiro atoms. The van der Waals surface area contributed by atoms with Crippen LogP contribution in [0.5, 0.6) is 0 Å². The van der Waals surface area contributed by atoms with Gasteiger partial charge in [0, 0.05) is 24.2 Å². The molecule has 25 heavy (non-hydrogen) atoms. The van der Waals surface area contributed by atoms with Crippen molar-refractivity contribution in [1.82, 2.24) is 10.2 Å². The highest BCUT2D eigenvalue weighted by atomic mass is 35.5. The fourth-order valence-electron chi connectivity index (χ4n) is 3.33. The maximum Gasteiger partial charge on any atom is 0.321 e. The summed E-state index contributed by atoms with van der Waals surface area (Å²) in [6.45, 7) is 1.55. The van der Waals surface area contributed by atoms with Crippen molar-refractivity contribution in [1.29, 1.82) is 0 Å². The van der Waals surface area contributed by atoms with Gasteiger partial charge >= 0.3 is 5.97 Å². The number of hydrogen-bond donors (Lipinski definition) is 2. The second-order valence-corrected chi connectivity index (χ2v) is 7.11. The Morgan fingerprint density at radius 2 is 1.92 bits per heavy atom. The van der Waals surface area contributed by atoms with Gasteiger partial charge in [0.05, 0.1) is 0 Å². The van der Waals surface area contributed by atoms with E-state index in [9.17, 15) is 9.90 Å². The van der Waals surface area contributed by atoms with E-state index in [0.29, 0.717) is 24.0 Å². The number of carbonyl (C=O) groups is 1. The number of fused-ring (bicyclic) bond motifs is 1. The summed E-state index contributed by atoms with van der Waals surface area (Å²) in [5.74, 6) is -0.825. The average Bonchev–Trinajstić information content (AvgIpc) is 2.60. The summed E-state index contributed by atoms with van der Waals surface area (Å²) < 4.78 is 0. The number of rotatable bonds is 6. The van der Waals surface area contributed by atoms with Crippen LogP contribution in [0.25, 0.3) is 0 Å². The molecule has 2 atom stereocenters. The average molecular weight is 359 g/mol. The fourth-order valence-corrected chi connectivity index (χ4v) is 3.45. The van der Waals surface area contributed by atoms with Crippen LogP contribution in [0.4, 0.5) is 0 Å². The zero-order valence-electron chi connectivity index (χ0n) is 14.3. The van der Waals surface area contributed by atoms with E-state index in [1.54, 1.807) is 12.1 Å². The largest absolute Gasteiger partial charge is 0.480 e. The predicted molar refractivity (Wildman–Crippen MR) is 100.0 cm³/mol. The molecule has 0 unspecified atom stereocenters. The topological polar surface area (TPSA) is 52.6 Å². The maximum atomic E-state index is 11.6. The highest BCUT2D eigenvalue weighted by molar-refractivity contribution is 6.30. The van der Waals surface area contributed by atoms with Crippen LogP contribution < -0.4 is 5.32 Å². The van der Waals surface area contributed by atoms with Crippen LogP contribution in [-0.2, 0) is 24.2 Å². The van der Waals surface area contributed by atoms with Crippen molar-refractivity contribution in [2.24, 2.45) is 0 Å². The van der Waals surface area contributed by atoms with Gasteiger partial charge in [0.2, 0.25) is 0 Å². The zero-order valence-corrected chi connectivity index (χ0v) is 15.0. The van der Waals surface area contributed by atoms with Crippen LogP contribution in [0.3, 0.4) is 0 Å². The van der Waals surface area contributed by atoms with Gasteiger partial charge in [-0.3, -0.25) is 9.69 Å². The molecule has 0 aliphatic carbocycles. The molecular weight excluding hydrogens is 336 g/mol. The molecule has 3 rings (SSSR count). The van der Waals surface area contributed by atoms with E-state index < -0.39 is 12.0 Å². The standard InChI is InChI=1S/C20H23ClN2O2/c1-23-13-16-5-3-2-4-15(16)11-18(23)12-22-19(20(24)25)10-14-6-8-17(21)9-7-14/h2-9,18-19,22H,10-13H2,1H3,(H,24,25)/t18-,19-/m1/s1. The van der Waals surface area contributed by atoms with E-state index in [1.807, 2.05) is 12.1 Å². The molecule has 2 N–H and O–H groups in total. The number of carboxylic acids is 1. The highest BCUT2D eigenvalue weighted by Gasteiger charge is 2.25. The second-order valence-electron chi connectivity index (χ2n) is 6.67. The van der Waals surface area contributed by atoms with Crippen molar-refractivity contribution in [2.75, 3.05) is 13.6 Å². The lowest BCUT2D eigenvalue weighted by atomic mass is 9.94. The summed E-state index contributed by atoms with van der Waals surface area (Å²) in [5.41, 5.74) is 3.68. The number of halogens is 1. The maximum absolute atomic E-state index is 11.6. The molecule has 0 saturated heterocycles. The number of hydrogen-bond acceptors (Lipinski definition) is 3. The summed E-state index contributed by atoms with van der Waals surface area (Å²) in [5, 5.41) is 13.4. The van der Waals surface area contributed by atoms with E-state index in [-0.39, 0.29) is 0 Å². The molecular formula is C20H23ClN2O2. The van der Waals surface area contributed by atoms with Gasteiger partial charge in [-0.05, 0) is 48.7 Å². The third kappa shape index (κ3) is 4.60. The molecule has 5 heteroatoms. The summed E-state index contributed by atoms with van der Waals surface area (Å²) in [6, 6.07) is 15.5. The Kier molecular flexibility index (Phi) is 5.74. The zero-order chi connectivity index (χ0) is 17.8. The molecule has 1 aliphatic heterocycles. The summed E-state index contributed by atoms with van der Waals surface area (Å²) >= 11 is 5.89. The predicted octanol–water partition coefficient (Wildman–Crippen LogP) is 2.98. The van der Waals surface area contributed by atoms with Gasteiger partial charge in [-0.2, -0.15) is 0 Å². The van der Waals surface area contributed by atoms with Crippen molar-refractivity contribution in [3.05, 3.63) is 70.2 Å².